The van der Waals surface area contributed by atoms with Gasteiger partial charge in [-0.15, -0.1) is 5.10 Å². The first-order valence-electron chi connectivity index (χ1n) is 9.65. The van der Waals surface area contributed by atoms with Crippen molar-refractivity contribution in [3.05, 3.63) is 100 Å². The molecule has 2 heterocycles. The highest BCUT2D eigenvalue weighted by Crippen LogP contribution is 2.13. The predicted octanol–water partition coefficient (Wildman–Crippen LogP) is 2.12. The van der Waals surface area contributed by atoms with E-state index in [1.54, 1.807) is 24.3 Å². The lowest BCUT2D eigenvalue weighted by Gasteiger charge is -2.08. The standard InChI is InChI=1S/C22H19FN6O2/c23-18-9-5-4-8-17(18)14-28-15-20(25-27-28)22(31)24-12-13-29-21(30)11-10-19(26-29)16-6-2-1-3-7-16/h1-11,15H,12-14H2,(H,24,31). The van der Waals surface area contributed by atoms with Gasteiger partial charge in [0.25, 0.3) is 11.5 Å². The largest absolute Gasteiger partial charge is 0.349 e. The Balaban J connectivity index is 1.36. The number of nitrogens with zero attached hydrogens (tertiary/aromatic N) is 5. The van der Waals surface area contributed by atoms with Gasteiger partial charge < -0.3 is 5.32 Å². The fraction of sp³-hybridized carbons (Fsp3) is 0.136. The van der Waals surface area contributed by atoms with Crippen molar-refractivity contribution in [2.45, 2.75) is 13.1 Å². The molecule has 4 rings (SSSR count). The highest BCUT2D eigenvalue weighted by atomic mass is 19.1. The van der Waals surface area contributed by atoms with Crippen LogP contribution in [0.3, 0.4) is 0 Å². The van der Waals surface area contributed by atoms with Gasteiger partial charge in [0.15, 0.2) is 5.69 Å². The maximum atomic E-state index is 13.8. The molecule has 0 atom stereocenters. The lowest BCUT2D eigenvalue weighted by molar-refractivity contribution is 0.0946. The first-order valence-corrected chi connectivity index (χ1v) is 9.65. The average Bonchev–Trinajstić information content (AvgIpc) is 3.26. The van der Waals surface area contributed by atoms with Crippen LogP contribution >= 0.6 is 0 Å². The maximum Gasteiger partial charge on any atom is 0.273 e. The zero-order chi connectivity index (χ0) is 21.6. The number of benzene rings is 2. The Labute approximate surface area is 177 Å². The van der Waals surface area contributed by atoms with E-state index in [-0.39, 0.29) is 36.7 Å². The van der Waals surface area contributed by atoms with Crippen LogP contribution in [0.4, 0.5) is 4.39 Å². The summed E-state index contributed by atoms with van der Waals surface area (Å²) >= 11 is 0. The fourth-order valence-corrected chi connectivity index (χ4v) is 3.02. The van der Waals surface area contributed by atoms with Gasteiger partial charge in [-0.1, -0.05) is 53.7 Å². The Morgan fingerprint density at radius 2 is 1.77 bits per heavy atom. The van der Waals surface area contributed by atoms with E-state index in [2.05, 4.69) is 20.7 Å². The number of nitrogens with one attached hydrogen (secondary N) is 1. The second-order valence-corrected chi connectivity index (χ2v) is 6.79. The minimum atomic E-state index is -0.438. The summed E-state index contributed by atoms with van der Waals surface area (Å²) in [6, 6.07) is 19.0. The van der Waals surface area contributed by atoms with E-state index < -0.39 is 5.91 Å². The summed E-state index contributed by atoms with van der Waals surface area (Å²) in [5, 5.41) is 14.8. The smallest absolute Gasteiger partial charge is 0.273 e. The van der Waals surface area contributed by atoms with Gasteiger partial charge in [-0.2, -0.15) is 5.10 Å². The van der Waals surface area contributed by atoms with Crippen LogP contribution in [0, 0.1) is 5.82 Å². The van der Waals surface area contributed by atoms with Crippen LogP contribution in [-0.2, 0) is 13.1 Å². The van der Waals surface area contributed by atoms with Gasteiger partial charge in [-0.05, 0) is 12.1 Å². The Kier molecular flexibility index (Phi) is 5.93. The molecule has 0 saturated carbocycles. The number of hydrogen-bond acceptors (Lipinski definition) is 5. The van der Waals surface area contributed by atoms with Crippen molar-refractivity contribution in [3.63, 3.8) is 0 Å². The number of rotatable bonds is 7. The fourth-order valence-electron chi connectivity index (χ4n) is 3.02. The van der Waals surface area contributed by atoms with Gasteiger partial charge in [0, 0.05) is 23.7 Å². The van der Waals surface area contributed by atoms with Gasteiger partial charge in [0.1, 0.15) is 5.82 Å². The average molecular weight is 418 g/mol. The molecule has 0 aliphatic heterocycles. The van der Waals surface area contributed by atoms with Crippen molar-refractivity contribution in [3.8, 4) is 11.3 Å². The highest BCUT2D eigenvalue weighted by Gasteiger charge is 2.12. The Hall–Kier alpha value is -4.14. The van der Waals surface area contributed by atoms with Gasteiger partial charge in [0.05, 0.1) is 25.0 Å². The van der Waals surface area contributed by atoms with Crippen molar-refractivity contribution < 1.29 is 9.18 Å². The third-order valence-corrected chi connectivity index (χ3v) is 4.61. The van der Waals surface area contributed by atoms with Crippen LogP contribution in [0.5, 0.6) is 0 Å². The molecule has 31 heavy (non-hydrogen) atoms. The molecule has 2 aromatic carbocycles. The zero-order valence-electron chi connectivity index (χ0n) is 16.5. The molecule has 9 heteroatoms. The number of carbonyl (C=O) groups excluding carboxylic acids is 1. The second kappa shape index (κ2) is 9.12. The molecule has 1 N–H and O–H groups in total. The van der Waals surface area contributed by atoms with Crippen LogP contribution in [0.25, 0.3) is 11.3 Å². The van der Waals surface area contributed by atoms with Crippen molar-refractivity contribution >= 4 is 5.91 Å². The third kappa shape index (κ3) is 4.89. The highest BCUT2D eigenvalue weighted by molar-refractivity contribution is 5.91. The molecule has 0 bridgehead atoms. The molecule has 0 fully saturated rings. The number of hydrogen-bond donors (Lipinski definition) is 1. The Morgan fingerprint density at radius 3 is 2.58 bits per heavy atom. The van der Waals surface area contributed by atoms with Crippen LogP contribution in [0.15, 0.2) is 77.7 Å². The molecule has 0 radical (unpaired) electrons. The molecule has 0 unspecified atom stereocenters. The summed E-state index contributed by atoms with van der Waals surface area (Å²) in [7, 11) is 0. The van der Waals surface area contributed by atoms with E-state index in [4.69, 9.17) is 0 Å². The van der Waals surface area contributed by atoms with E-state index in [1.807, 2.05) is 30.3 Å². The van der Waals surface area contributed by atoms with Crippen LogP contribution in [-0.4, -0.2) is 37.2 Å². The predicted molar refractivity (Wildman–Crippen MR) is 112 cm³/mol. The summed E-state index contributed by atoms with van der Waals surface area (Å²) in [5.41, 5.74) is 1.86. The molecule has 0 saturated heterocycles. The normalized spacial score (nSPS) is 10.7. The van der Waals surface area contributed by atoms with Crippen molar-refractivity contribution in [1.82, 2.24) is 30.1 Å². The molecule has 4 aromatic rings. The molecule has 1 amide bonds. The van der Waals surface area contributed by atoms with Gasteiger partial charge in [0.2, 0.25) is 0 Å². The first-order chi connectivity index (χ1) is 15.1. The number of amides is 1. The van der Waals surface area contributed by atoms with Crippen molar-refractivity contribution in [1.29, 1.82) is 0 Å². The Morgan fingerprint density at radius 1 is 1.00 bits per heavy atom. The number of carbonyl (C=O) groups is 1. The van der Waals surface area contributed by atoms with Gasteiger partial charge >= 0.3 is 0 Å². The molecule has 2 aromatic heterocycles. The quantitative estimate of drug-likeness (QED) is 0.496. The van der Waals surface area contributed by atoms with E-state index in [9.17, 15) is 14.0 Å². The van der Waals surface area contributed by atoms with E-state index in [0.717, 1.165) is 5.56 Å². The van der Waals surface area contributed by atoms with Crippen molar-refractivity contribution in [2.75, 3.05) is 6.54 Å². The summed E-state index contributed by atoms with van der Waals surface area (Å²) in [5.74, 6) is -0.785. The molecular formula is C22H19FN6O2. The summed E-state index contributed by atoms with van der Waals surface area (Å²) < 4.78 is 16.5. The summed E-state index contributed by atoms with van der Waals surface area (Å²) in [6.07, 6.45) is 1.45. The molecular weight excluding hydrogens is 399 g/mol. The molecule has 156 valence electrons. The van der Waals surface area contributed by atoms with Gasteiger partial charge in [-0.25, -0.2) is 13.8 Å². The SMILES string of the molecule is O=C(NCCn1nc(-c2ccccc2)ccc1=O)c1cn(Cc2ccccc2F)nn1. The monoisotopic (exact) mass is 418 g/mol. The molecule has 0 aliphatic carbocycles. The first kappa shape index (κ1) is 20.1. The van der Waals surface area contributed by atoms with Gasteiger partial charge in [-0.3, -0.25) is 9.59 Å². The molecule has 0 aliphatic rings. The summed E-state index contributed by atoms with van der Waals surface area (Å²) in [6.45, 7) is 0.553. The van der Waals surface area contributed by atoms with Crippen molar-refractivity contribution in [2.24, 2.45) is 0 Å². The lowest BCUT2D eigenvalue weighted by atomic mass is 10.1. The van der Waals surface area contributed by atoms with E-state index >= 15 is 0 Å². The lowest BCUT2D eigenvalue weighted by Crippen LogP contribution is -2.32. The van der Waals surface area contributed by atoms with Crippen LogP contribution < -0.4 is 10.9 Å². The number of halogens is 1. The molecule has 0 spiro atoms. The topological polar surface area (TPSA) is 94.7 Å². The number of aromatic nitrogens is 5. The Bertz CT molecular complexity index is 1250. The maximum absolute atomic E-state index is 13.8. The second-order valence-electron chi connectivity index (χ2n) is 6.79. The van der Waals surface area contributed by atoms with Crippen LogP contribution in [0.1, 0.15) is 16.1 Å². The van der Waals surface area contributed by atoms with E-state index in [0.29, 0.717) is 11.3 Å². The molecule has 8 nitrogen and oxygen atoms in total. The summed E-state index contributed by atoms with van der Waals surface area (Å²) in [4.78, 5) is 24.4. The van der Waals surface area contributed by atoms with E-state index in [1.165, 1.54) is 27.7 Å². The zero-order valence-corrected chi connectivity index (χ0v) is 16.5. The third-order valence-electron chi connectivity index (χ3n) is 4.61. The minimum Gasteiger partial charge on any atom is -0.349 e. The van der Waals surface area contributed by atoms with Crippen LogP contribution in [0.2, 0.25) is 0 Å². The minimum absolute atomic E-state index is 0.106.